The number of hydrogen-bond acceptors (Lipinski definition) is 4. The van der Waals surface area contributed by atoms with Gasteiger partial charge in [0, 0.05) is 16.5 Å². The molecule has 4 nitrogen and oxygen atoms in total. The molecule has 1 unspecified atom stereocenters. The van der Waals surface area contributed by atoms with Crippen molar-refractivity contribution in [2.45, 2.75) is 84.1 Å². The highest BCUT2D eigenvalue weighted by atomic mass is 19.4. The van der Waals surface area contributed by atoms with Crippen LogP contribution in [0.5, 0.6) is 0 Å². The molecule has 2 aliphatic rings. The second-order valence-corrected chi connectivity index (χ2v) is 11.5. The Morgan fingerprint density at radius 2 is 1.46 bits per heavy atom. The van der Waals surface area contributed by atoms with Crippen LogP contribution in [0.4, 0.5) is 18.9 Å². The molecule has 35 heavy (non-hydrogen) atoms. The van der Waals surface area contributed by atoms with Gasteiger partial charge in [-0.2, -0.15) is 23.3 Å². The largest absolute Gasteiger partial charge is 0.416 e. The van der Waals surface area contributed by atoms with E-state index in [0.717, 1.165) is 42.8 Å². The van der Waals surface area contributed by atoms with Crippen molar-refractivity contribution >= 4 is 11.4 Å². The molecular formula is C28H36F3N3O. The van der Waals surface area contributed by atoms with Crippen molar-refractivity contribution in [2.75, 3.05) is 11.6 Å². The van der Waals surface area contributed by atoms with E-state index in [-0.39, 0.29) is 17.1 Å². The van der Waals surface area contributed by atoms with Crippen LogP contribution < -0.4 is 5.01 Å². The number of hydrazone groups is 1. The first-order valence-corrected chi connectivity index (χ1v) is 12.3. The molecule has 0 amide bonds. The van der Waals surface area contributed by atoms with E-state index in [2.05, 4.69) is 46.6 Å². The molecule has 0 spiro atoms. The Morgan fingerprint density at radius 3 is 2.00 bits per heavy atom. The van der Waals surface area contributed by atoms with E-state index in [1.807, 2.05) is 35.3 Å². The highest BCUT2D eigenvalue weighted by Gasteiger charge is 2.48. The van der Waals surface area contributed by atoms with Crippen molar-refractivity contribution in [1.29, 1.82) is 0 Å². The average Bonchev–Trinajstić information content (AvgIpc) is 3.03. The zero-order valence-corrected chi connectivity index (χ0v) is 21.5. The molecule has 0 aromatic heterocycles. The van der Waals surface area contributed by atoms with Gasteiger partial charge in [0.05, 0.1) is 29.6 Å². The fourth-order valence-corrected chi connectivity index (χ4v) is 5.58. The summed E-state index contributed by atoms with van der Waals surface area (Å²) in [6.07, 6.45) is -1.10. The molecule has 0 radical (unpaired) electrons. The third-order valence-corrected chi connectivity index (χ3v) is 7.49. The summed E-state index contributed by atoms with van der Waals surface area (Å²) in [6.45, 7) is 13.4. The summed E-state index contributed by atoms with van der Waals surface area (Å²) >= 11 is 0. The molecule has 0 bridgehead atoms. The van der Waals surface area contributed by atoms with Crippen LogP contribution in [0.15, 0.2) is 59.7 Å². The molecule has 2 aromatic carbocycles. The zero-order chi connectivity index (χ0) is 25.6. The first-order valence-electron chi connectivity index (χ1n) is 12.3. The average molecular weight is 488 g/mol. The minimum Gasteiger partial charge on any atom is -0.296 e. The molecule has 2 aliphatic heterocycles. The predicted octanol–water partition coefficient (Wildman–Crippen LogP) is 7.30. The highest BCUT2D eigenvalue weighted by molar-refractivity contribution is 6.07. The summed E-state index contributed by atoms with van der Waals surface area (Å²) in [5.41, 5.74) is 1.03. The van der Waals surface area contributed by atoms with Gasteiger partial charge in [0.1, 0.15) is 0 Å². The van der Waals surface area contributed by atoms with Crippen LogP contribution in [0, 0.1) is 5.41 Å². The molecule has 0 aliphatic carbocycles. The summed E-state index contributed by atoms with van der Waals surface area (Å²) in [5.74, 6) is 0. The third-order valence-electron chi connectivity index (χ3n) is 7.49. The van der Waals surface area contributed by atoms with Crippen molar-refractivity contribution in [2.24, 2.45) is 10.5 Å². The second-order valence-electron chi connectivity index (χ2n) is 11.5. The Bertz CT molecular complexity index is 1040. The summed E-state index contributed by atoms with van der Waals surface area (Å²) in [5, 5.41) is 9.08. The van der Waals surface area contributed by atoms with Gasteiger partial charge in [0.2, 0.25) is 0 Å². The topological polar surface area (TPSA) is 28.1 Å². The van der Waals surface area contributed by atoms with Crippen LogP contribution in [0.3, 0.4) is 0 Å². The van der Waals surface area contributed by atoms with Crippen LogP contribution in [0.25, 0.3) is 0 Å². The van der Waals surface area contributed by atoms with Gasteiger partial charge in [-0.1, -0.05) is 44.2 Å². The SMILES string of the molecule is CC1(C)C(c2ccc(C(F)(F)F)cc2)=NN(c2ccccc2)C1CON1C(C)(C)CCCC1(C)C. The van der Waals surface area contributed by atoms with E-state index < -0.39 is 17.2 Å². The number of para-hydroxylation sites is 1. The van der Waals surface area contributed by atoms with Crippen LogP contribution in [-0.2, 0) is 11.0 Å². The third kappa shape index (κ3) is 4.98. The Morgan fingerprint density at radius 1 is 0.886 bits per heavy atom. The number of rotatable bonds is 5. The molecule has 7 heteroatoms. The minimum atomic E-state index is -4.37. The maximum atomic E-state index is 13.1. The van der Waals surface area contributed by atoms with Gasteiger partial charge in [-0.25, -0.2) is 0 Å². The standard InChI is InChI=1S/C28H36F3N3O/c1-25(2)17-10-18-26(3,4)34(25)35-19-23-27(5,6)24(32-33(23)22-11-8-7-9-12-22)20-13-15-21(16-14-20)28(29,30)31/h7-9,11-16,23H,10,17-19H2,1-6H3. The lowest BCUT2D eigenvalue weighted by atomic mass is 9.78. The van der Waals surface area contributed by atoms with Crippen molar-refractivity contribution < 1.29 is 18.0 Å². The lowest BCUT2D eigenvalue weighted by Crippen LogP contribution is -2.59. The van der Waals surface area contributed by atoms with E-state index in [1.54, 1.807) is 0 Å². The van der Waals surface area contributed by atoms with E-state index in [4.69, 9.17) is 9.94 Å². The number of alkyl halides is 3. The summed E-state index contributed by atoms with van der Waals surface area (Å²) in [6, 6.07) is 15.0. The Kier molecular flexibility index (Phi) is 6.56. The summed E-state index contributed by atoms with van der Waals surface area (Å²) < 4.78 is 39.4. The van der Waals surface area contributed by atoms with Gasteiger partial charge < -0.3 is 0 Å². The number of hydrogen-bond donors (Lipinski definition) is 0. The van der Waals surface area contributed by atoms with Gasteiger partial charge in [0.25, 0.3) is 0 Å². The molecule has 190 valence electrons. The first kappa shape index (κ1) is 25.7. The molecule has 4 rings (SSSR count). The Balaban J connectivity index is 1.67. The van der Waals surface area contributed by atoms with Crippen molar-refractivity contribution in [1.82, 2.24) is 5.06 Å². The molecule has 0 saturated carbocycles. The maximum Gasteiger partial charge on any atom is 0.416 e. The molecular weight excluding hydrogens is 451 g/mol. The van der Waals surface area contributed by atoms with E-state index in [1.165, 1.54) is 12.1 Å². The number of anilines is 1. The van der Waals surface area contributed by atoms with Crippen molar-refractivity contribution in [3.63, 3.8) is 0 Å². The molecule has 0 N–H and O–H groups in total. The summed E-state index contributed by atoms with van der Waals surface area (Å²) in [7, 11) is 0. The smallest absolute Gasteiger partial charge is 0.296 e. The Hall–Kier alpha value is -2.38. The van der Waals surface area contributed by atoms with Crippen LogP contribution >= 0.6 is 0 Å². The lowest BCUT2D eigenvalue weighted by Gasteiger charge is -2.52. The zero-order valence-electron chi connectivity index (χ0n) is 21.5. The van der Waals surface area contributed by atoms with E-state index in [9.17, 15) is 13.2 Å². The maximum absolute atomic E-state index is 13.1. The second kappa shape index (κ2) is 8.93. The minimum absolute atomic E-state index is 0.0980. The van der Waals surface area contributed by atoms with Crippen molar-refractivity contribution in [3.8, 4) is 0 Å². The van der Waals surface area contributed by atoms with Gasteiger partial charge in [0.15, 0.2) is 0 Å². The van der Waals surface area contributed by atoms with Gasteiger partial charge in [-0.3, -0.25) is 9.85 Å². The Labute approximate surface area is 206 Å². The van der Waals surface area contributed by atoms with Crippen LogP contribution in [0.2, 0.25) is 0 Å². The van der Waals surface area contributed by atoms with E-state index >= 15 is 0 Å². The quantitative estimate of drug-likeness (QED) is 0.443. The molecule has 2 aromatic rings. The molecule has 1 fully saturated rings. The molecule has 1 atom stereocenters. The molecule has 1 saturated heterocycles. The lowest BCUT2D eigenvalue weighted by molar-refractivity contribution is -0.284. The van der Waals surface area contributed by atoms with Gasteiger partial charge in [-0.15, -0.1) is 0 Å². The van der Waals surface area contributed by atoms with Crippen LogP contribution in [0.1, 0.15) is 71.9 Å². The number of benzene rings is 2. The van der Waals surface area contributed by atoms with Crippen molar-refractivity contribution in [3.05, 3.63) is 65.7 Å². The first-order chi connectivity index (χ1) is 16.2. The van der Waals surface area contributed by atoms with Gasteiger partial charge >= 0.3 is 6.18 Å². The highest BCUT2D eigenvalue weighted by Crippen LogP contribution is 2.42. The van der Waals surface area contributed by atoms with E-state index in [0.29, 0.717) is 12.2 Å². The van der Waals surface area contributed by atoms with Gasteiger partial charge in [-0.05, 0) is 76.8 Å². The molecule has 2 heterocycles. The fraction of sp³-hybridized carbons (Fsp3) is 0.536. The predicted molar refractivity (Wildman–Crippen MR) is 134 cm³/mol. The number of halogens is 3. The van der Waals surface area contributed by atoms with Crippen LogP contribution in [-0.4, -0.2) is 34.5 Å². The normalized spacial score (nSPS) is 23.9. The summed E-state index contributed by atoms with van der Waals surface area (Å²) in [4.78, 5) is 6.60. The number of nitrogens with zero attached hydrogens (tertiary/aromatic N) is 3. The fourth-order valence-electron chi connectivity index (χ4n) is 5.58. The monoisotopic (exact) mass is 487 g/mol. The number of piperidine rings is 1. The number of hydroxylamine groups is 2.